The van der Waals surface area contributed by atoms with Gasteiger partial charge in [0, 0.05) is 17.5 Å². The van der Waals surface area contributed by atoms with Crippen molar-refractivity contribution < 1.29 is 14.3 Å². The molecule has 0 bridgehead atoms. The Balaban J connectivity index is 2.08. The van der Waals surface area contributed by atoms with Gasteiger partial charge in [0.05, 0.1) is 7.11 Å². The van der Waals surface area contributed by atoms with Crippen LogP contribution >= 0.6 is 15.9 Å². The van der Waals surface area contributed by atoms with Gasteiger partial charge in [0.2, 0.25) is 0 Å². The minimum Gasteiger partial charge on any atom is -0.497 e. The zero-order chi connectivity index (χ0) is 13.8. The van der Waals surface area contributed by atoms with Crippen molar-refractivity contribution in [2.45, 2.75) is 32.3 Å². The molecule has 0 saturated heterocycles. The summed E-state index contributed by atoms with van der Waals surface area (Å²) < 4.78 is 11.7. The molecule has 1 saturated carbocycles. The van der Waals surface area contributed by atoms with Gasteiger partial charge >= 0.3 is 0 Å². The lowest BCUT2D eigenvalue weighted by atomic mass is 10.0. The Morgan fingerprint density at radius 3 is 2.79 bits per heavy atom. The number of halogens is 1. The summed E-state index contributed by atoms with van der Waals surface area (Å²) in [7, 11) is 1.63. The first-order valence-corrected chi connectivity index (χ1v) is 7.41. The highest BCUT2D eigenvalue weighted by atomic mass is 79.9. The second-order valence-electron chi connectivity index (χ2n) is 4.81. The Morgan fingerprint density at radius 1 is 1.47 bits per heavy atom. The van der Waals surface area contributed by atoms with Gasteiger partial charge in [-0.1, -0.05) is 15.9 Å². The fourth-order valence-electron chi connectivity index (χ4n) is 2.17. The summed E-state index contributed by atoms with van der Waals surface area (Å²) >= 11 is 3.48. The third-order valence-corrected chi connectivity index (χ3v) is 4.10. The highest BCUT2D eigenvalue weighted by Crippen LogP contribution is 2.35. The van der Waals surface area contributed by atoms with Crippen LogP contribution in [0.4, 0.5) is 0 Å². The van der Waals surface area contributed by atoms with E-state index in [1.807, 2.05) is 25.1 Å². The van der Waals surface area contributed by atoms with Gasteiger partial charge in [0.15, 0.2) is 5.78 Å². The van der Waals surface area contributed by atoms with E-state index in [0.717, 1.165) is 28.6 Å². The first-order chi connectivity index (χ1) is 9.15. The van der Waals surface area contributed by atoms with Crippen LogP contribution in [0.5, 0.6) is 5.75 Å². The maximum absolute atomic E-state index is 12.3. The van der Waals surface area contributed by atoms with Gasteiger partial charge in [-0.3, -0.25) is 4.79 Å². The molecule has 19 heavy (non-hydrogen) atoms. The number of carbonyl (C=O) groups is 1. The standard InChI is InChI=1S/C15H19BrO3/c1-3-19-15(10-4-5-10)14(17)9-11-8-12(18-2)6-7-13(11)16/h6-8,10,15H,3-5,9H2,1-2H3. The van der Waals surface area contributed by atoms with E-state index in [1.54, 1.807) is 7.11 Å². The minimum atomic E-state index is -0.233. The van der Waals surface area contributed by atoms with Crippen LogP contribution in [0.3, 0.4) is 0 Å². The first-order valence-electron chi connectivity index (χ1n) is 6.62. The average molecular weight is 327 g/mol. The third kappa shape index (κ3) is 3.80. The van der Waals surface area contributed by atoms with Crippen LogP contribution in [-0.2, 0) is 16.0 Å². The molecule has 104 valence electrons. The van der Waals surface area contributed by atoms with Crippen molar-refractivity contribution in [3.05, 3.63) is 28.2 Å². The molecule has 0 radical (unpaired) electrons. The number of hydrogen-bond acceptors (Lipinski definition) is 3. The van der Waals surface area contributed by atoms with Crippen molar-refractivity contribution >= 4 is 21.7 Å². The molecule has 1 unspecified atom stereocenters. The largest absolute Gasteiger partial charge is 0.497 e. The van der Waals surface area contributed by atoms with Crippen LogP contribution in [0.1, 0.15) is 25.3 Å². The van der Waals surface area contributed by atoms with E-state index in [1.165, 1.54) is 0 Å². The summed E-state index contributed by atoms with van der Waals surface area (Å²) in [6.07, 6.45) is 2.37. The number of methoxy groups -OCH3 is 1. The topological polar surface area (TPSA) is 35.5 Å². The number of Topliss-reactive ketones (excluding diaryl/α,β-unsaturated/α-hetero) is 1. The van der Waals surface area contributed by atoms with E-state index in [0.29, 0.717) is 18.9 Å². The Morgan fingerprint density at radius 2 is 2.21 bits per heavy atom. The van der Waals surface area contributed by atoms with E-state index in [9.17, 15) is 4.79 Å². The summed E-state index contributed by atoms with van der Waals surface area (Å²) in [5.41, 5.74) is 0.953. The average Bonchev–Trinajstić information content (AvgIpc) is 3.22. The zero-order valence-corrected chi connectivity index (χ0v) is 12.9. The van der Waals surface area contributed by atoms with Crippen molar-refractivity contribution in [3.63, 3.8) is 0 Å². The highest BCUT2D eigenvalue weighted by Gasteiger charge is 2.36. The van der Waals surface area contributed by atoms with E-state index in [-0.39, 0.29) is 11.9 Å². The summed E-state index contributed by atoms with van der Waals surface area (Å²) in [5.74, 6) is 1.36. The van der Waals surface area contributed by atoms with Crippen molar-refractivity contribution in [2.24, 2.45) is 5.92 Å². The number of ketones is 1. The fraction of sp³-hybridized carbons (Fsp3) is 0.533. The van der Waals surface area contributed by atoms with Crippen LogP contribution < -0.4 is 4.74 Å². The Hall–Kier alpha value is -0.870. The van der Waals surface area contributed by atoms with Crippen LogP contribution in [0.15, 0.2) is 22.7 Å². The van der Waals surface area contributed by atoms with Crippen molar-refractivity contribution in [1.29, 1.82) is 0 Å². The molecule has 4 heteroatoms. The summed E-state index contributed by atoms with van der Waals surface area (Å²) in [6.45, 7) is 2.52. The van der Waals surface area contributed by atoms with Crippen molar-refractivity contribution in [1.82, 2.24) is 0 Å². The Labute approximate surface area is 122 Å². The molecule has 0 heterocycles. The lowest BCUT2D eigenvalue weighted by molar-refractivity contribution is -0.130. The molecule has 1 fully saturated rings. The molecule has 1 aliphatic carbocycles. The normalized spacial score (nSPS) is 16.2. The fourth-order valence-corrected chi connectivity index (χ4v) is 2.56. The lowest BCUT2D eigenvalue weighted by Crippen LogP contribution is -2.28. The van der Waals surface area contributed by atoms with Gasteiger partial charge < -0.3 is 9.47 Å². The van der Waals surface area contributed by atoms with Crippen LogP contribution in [0.2, 0.25) is 0 Å². The molecule has 1 aromatic carbocycles. The molecule has 2 rings (SSSR count). The first kappa shape index (κ1) is 14.5. The maximum atomic E-state index is 12.3. The van der Waals surface area contributed by atoms with Gasteiger partial charge in [-0.15, -0.1) is 0 Å². The molecular weight excluding hydrogens is 308 g/mol. The number of benzene rings is 1. The quantitative estimate of drug-likeness (QED) is 0.770. The van der Waals surface area contributed by atoms with Crippen LogP contribution in [0.25, 0.3) is 0 Å². The predicted molar refractivity (Wildman–Crippen MR) is 77.5 cm³/mol. The molecule has 0 aromatic heterocycles. The lowest BCUT2D eigenvalue weighted by Gasteiger charge is -2.15. The van der Waals surface area contributed by atoms with Crippen LogP contribution in [0, 0.1) is 5.92 Å². The predicted octanol–water partition coefficient (Wildman–Crippen LogP) is 3.38. The monoisotopic (exact) mass is 326 g/mol. The van der Waals surface area contributed by atoms with Gasteiger partial charge in [0.1, 0.15) is 11.9 Å². The van der Waals surface area contributed by atoms with Gasteiger partial charge in [-0.05, 0) is 49.4 Å². The van der Waals surface area contributed by atoms with Gasteiger partial charge in [-0.25, -0.2) is 0 Å². The Kier molecular flexibility index (Phi) is 4.99. The van der Waals surface area contributed by atoms with Gasteiger partial charge in [-0.2, -0.15) is 0 Å². The van der Waals surface area contributed by atoms with Crippen LogP contribution in [-0.4, -0.2) is 25.6 Å². The summed E-state index contributed by atoms with van der Waals surface area (Å²) in [5, 5.41) is 0. The molecule has 1 aromatic rings. The minimum absolute atomic E-state index is 0.165. The van der Waals surface area contributed by atoms with Gasteiger partial charge in [0.25, 0.3) is 0 Å². The molecule has 0 aliphatic heterocycles. The SMILES string of the molecule is CCOC(C(=O)Cc1cc(OC)ccc1Br)C1CC1. The molecule has 0 N–H and O–H groups in total. The Bertz CT molecular complexity index is 455. The molecule has 0 spiro atoms. The maximum Gasteiger partial charge on any atom is 0.166 e. The smallest absolute Gasteiger partial charge is 0.166 e. The molecule has 1 atom stereocenters. The molecule has 1 aliphatic rings. The van der Waals surface area contributed by atoms with E-state index in [2.05, 4.69) is 15.9 Å². The van der Waals surface area contributed by atoms with Crippen molar-refractivity contribution in [3.8, 4) is 5.75 Å². The second-order valence-corrected chi connectivity index (χ2v) is 5.67. The number of carbonyl (C=O) groups excluding carboxylic acids is 1. The molecular formula is C15H19BrO3. The highest BCUT2D eigenvalue weighted by molar-refractivity contribution is 9.10. The summed E-state index contributed by atoms with van der Waals surface area (Å²) in [4.78, 5) is 12.3. The second kappa shape index (κ2) is 6.53. The number of ether oxygens (including phenoxy) is 2. The van der Waals surface area contributed by atoms with E-state index >= 15 is 0 Å². The van der Waals surface area contributed by atoms with E-state index in [4.69, 9.17) is 9.47 Å². The summed E-state index contributed by atoms with van der Waals surface area (Å²) in [6, 6.07) is 5.69. The third-order valence-electron chi connectivity index (χ3n) is 3.33. The number of hydrogen-bond donors (Lipinski definition) is 0. The van der Waals surface area contributed by atoms with E-state index < -0.39 is 0 Å². The number of rotatable bonds is 7. The molecule has 3 nitrogen and oxygen atoms in total. The molecule has 0 amide bonds. The zero-order valence-electron chi connectivity index (χ0n) is 11.3. The van der Waals surface area contributed by atoms with Crippen molar-refractivity contribution in [2.75, 3.05) is 13.7 Å².